The minimum atomic E-state index is 1.13. The SMILES string of the molecule is c1ccc(-c2ccc(N(c3cccc4cc5sc6ccccc6c5cc34)c3cc4c5ccccc5ccc4c4ccccc34)cc2)cc1. The van der Waals surface area contributed by atoms with Gasteiger partial charge in [-0.1, -0.05) is 133 Å². The Morgan fingerprint density at radius 2 is 0.979 bits per heavy atom. The molecule has 48 heavy (non-hydrogen) atoms. The third-order valence-corrected chi connectivity index (χ3v) is 10.9. The zero-order chi connectivity index (χ0) is 31.6. The van der Waals surface area contributed by atoms with Gasteiger partial charge in [-0.3, -0.25) is 0 Å². The number of hydrogen-bond donors (Lipinski definition) is 0. The van der Waals surface area contributed by atoms with Crippen molar-refractivity contribution in [1.29, 1.82) is 0 Å². The molecule has 10 rings (SSSR count). The molecule has 1 nitrogen and oxygen atoms in total. The quantitative estimate of drug-likeness (QED) is 0.176. The fourth-order valence-electron chi connectivity index (χ4n) is 7.54. The molecule has 0 fully saturated rings. The van der Waals surface area contributed by atoms with Gasteiger partial charge in [0.05, 0.1) is 11.4 Å². The molecule has 0 spiro atoms. The smallest absolute Gasteiger partial charge is 0.0546 e. The Morgan fingerprint density at radius 3 is 1.83 bits per heavy atom. The van der Waals surface area contributed by atoms with Crippen LogP contribution in [0.4, 0.5) is 17.1 Å². The fraction of sp³-hybridized carbons (Fsp3) is 0. The molecule has 0 aliphatic carbocycles. The summed E-state index contributed by atoms with van der Waals surface area (Å²) in [6, 6.07) is 64.6. The molecule has 10 aromatic rings. The summed E-state index contributed by atoms with van der Waals surface area (Å²) < 4.78 is 2.65. The molecule has 0 saturated heterocycles. The second kappa shape index (κ2) is 10.8. The van der Waals surface area contributed by atoms with Crippen LogP contribution in [0.1, 0.15) is 0 Å². The van der Waals surface area contributed by atoms with E-state index in [2.05, 4.69) is 181 Å². The first-order valence-electron chi connectivity index (χ1n) is 16.4. The van der Waals surface area contributed by atoms with Gasteiger partial charge in [-0.05, 0) is 85.9 Å². The lowest BCUT2D eigenvalue weighted by Gasteiger charge is -2.29. The van der Waals surface area contributed by atoms with Crippen molar-refractivity contribution in [2.45, 2.75) is 0 Å². The second-order valence-electron chi connectivity index (χ2n) is 12.5. The molecule has 224 valence electrons. The zero-order valence-corrected chi connectivity index (χ0v) is 26.9. The maximum atomic E-state index is 2.49. The molecule has 0 unspecified atom stereocenters. The van der Waals surface area contributed by atoms with Gasteiger partial charge < -0.3 is 4.90 Å². The van der Waals surface area contributed by atoms with Crippen molar-refractivity contribution in [3.63, 3.8) is 0 Å². The molecule has 0 bridgehead atoms. The predicted molar refractivity (Wildman–Crippen MR) is 209 cm³/mol. The Bertz CT molecular complexity index is 2830. The fourth-order valence-corrected chi connectivity index (χ4v) is 8.68. The summed E-state index contributed by atoms with van der Waals surface area (Å²) >= 11 is 1.87. The van der Waals surface area contributed by atoms with Crippen LogP contribution < -0.4 is 4.90 Å². The second-order valence-corrected chi connectivity index (χ2v) is 13.6. The van der Waals surface area contributed by atoms with Crippen LogP contribution in [0, 0.1) is 0 Å². The molecule has 0 aliphatic rings. The van der Waals surface area contributed by atoms with Crippen molar-refractivity contribution in [3.05, 3.63) is 176 Å². The van der Waals surface area contributed by atoms with E-state index in [4.69, 9.17) is 0 Å². The van der Waals surface area contributed by atoms with Crippen LogP contribution in [-0.2, 0) is 0 Å². The van der Waals surface area contributed by atoms with Gasteiger partial charge in [-0.2, -0.15) is 0 Å². The highest BCUT2D eigenvalue weighted by atomic mass is 32.1. The highest BCUT2D eigenvalue weighted by Gasteiger charge is 2.21. The average molecular weight is 628 g/mol. The Kier molecular flexibility index (Phi) is 6.12. The van der Waals surface area contributed by atoms with Crippen LogP contribution in [0.15, 0.2) is 176 Å². The molecule has 9 aromatic carbocycles. The summed E-state index contributed by atoms with van der Waals surface area (Å²) in [7, 11) is 0. The molecule has 1 heterocycles. The molecular weight excluding hydrogens is 599 g/mol. The Balaban J connectivity index is 1.30. The van der Waals surface area contributed by atoms with Crippen LogP contribution in [-0.4, -0.2) is 0 Å². The Hall–Kier alpha value is -5.96. The molecule has 0 amide bonds. The maximum absolute atomic E-state index is 2.49. The lowest BCUT2D eigenvalue weighted by molar-refractivity contribution is 1.32. The third-order valence-electron chi connectivity index (χ3n) is 9.81. The topological polar surface area (TPSA) is 3.24 Å². The maximum Gasteiger partial charge on any atom is 0.0546 e. The molecular formula is C46H29NS. The Morgan fingerprint density at radius 1 is 0.312 bits per heavy atom. The first-order chi connectivity index (χ1) is 23.8. The molecule has 0 radical (unpaired) electrons. The van der Waals surface area contributed by atoms with Crippen molar-refractivity contribution >= 4 is 91.7 Å². The monoisotopic (exact) mass is 627 g/mol. The van der Waals surface area contributed by atoms with E-state index >= 15 is 0 Å². The number of benzene rings is 9. The summed E-state index contributed by atoms with van der Waals surface area (Å²) in [4.78, 5) is 2.49. The summed E-state index contributed by atoms with van der Waals surface area (Å²) in [5.41, 5.74) is 5.89. The molecule has 0 aliphatic heterocycles. The van der Waals surface area contributed by atoms with Crippen molar-refractivity contribution in [1.82, 2.24) is 0 Å². The number of fused-ring (bicyclic) bond motifs is 9. The first-order valence-corrected chi connectivity index (χ1v) is 17.2. The molecule has 1 aromatic heterocycles. The van der Waals surface area contributed by atoms with Crippen molar-refractivity contribution in [2.24, 2.45) is 0 Å². The van der Waals surface area contributed by atoms with Gasteiger partial charge >= 0.3 is 0 Å². The minimum absolute atomic E-state index is 1.13. The molecule has 2 heteroatoms. The summed E-state index contributed by atoms with van der Waals surface area (Å²) in [5, 5.41) is 12.7. The molecule has 0 atom stereocenters. The minimum Gasteiger partial charge on any atom is -0.309 e. The van der Waals surface area contributed by atoms with Gasteiger partial charge in [0.2, 0.25) is 0 Å². The summed E-state index contributed by atoms with van der Waals surface area (Å²) in [6.45, 7) is 0. The Labute approximate surface area is 282 Å². The van der Waals surface area contributed by atoms with E-state index in [1.807, 2.05) is 11.3 Å². The van der Waals surface area contributed by atoms with Crippen molar-refractivity contribution < 1.29 is 0 Å². The van der Waals surface area contributed by atoms with Gasteiger partial charge in [0.15, 0.2) is 0 Å². The van der Waals surface area contributed by atoms with Crippen LogP contribution in [0.25, 0.3) is 74.4 Å². The van der Waals surface area contributed by atoms with E-state index in [9.17, 15) is 0 Å². The summed E-state index contributed by atoms with van der Waals surface area (Å²) in [6.07, 6.45) is 0. The lowest BCUT2D eigenvalue weighted by atomic mass is 9.94. The molecule has 0 saturated carbocycles. The van der Waals surface area contributed by atoms with Crippen LogP contribution >= 0.6 is 11.3 Å². The van der Waals surface area contributed by atoms with Gasteiger partial charge in [0.25, 0.3) is 0 Å². The van der Waals surface area contributed by atoms with Gasteiger partial charge in [0, 0.05) is 36.6 Å². The normalized spacial score (nSPS) is 11.8. The third kappa shape index (κ3) is 4.24. The lowest BCUT2D eigenvalue weighted by Crippen LogP contribution is -2.11. The zero-order valence-electron chi connectivity index (χ0n) is 26.1. The van der Waals surface area contributed by atoms with E-state index in [-0.39, 0.29) is 0 Å². The van der Waals surface area contributed by atoms with Gasteiger partial charge in [-0.25, -0.2) is 0 Å². The number of thiophene rings is 1. The number of nitrogens with zero attached hydrogens (tertiary/aromatic N) is 1. The largest absolute Gasteiger partial charge is 0.309 e. The highest BCUT2D eigenvalue weighted by Crippen LogP contribution is 2.47. The first kappa shape index (κ1) is 27.2. The van der Waals surface area contributed by atoms with E-state index in [1.165, 1.54) is 85.8 Å². The van der Waals surface area contributed by atoms with Crippen LogP contribution in [0.5, 0.6) is 0 Å². The number of rotatable bonds is 4. The van der Waals surface area contributed by atoms with Crippen LogP contribution in [0.2, 0.25) is 0 Å². The van der Waals surface area contributed by atoms with E-state index < -0.39 is 0 Å². The van der Waals surface area contributed by atoms with E-state index in [1.54, 1.807) is 0 Å². The van der Waals surface area contributed by atoms with Gasteiger partial charge in [-0.15, -0.1) is 11.3 Å². The average Bonchev–Trinajstić information content (AvgIpc) is 3.52. The van der Waals surface area contributed by atoms with E-state index in [0.29, 0.717) is 0 Å². The van der Waals surface area contributed by atoms with Crippen LogP contribution in [0.3, 0.4) is 0 Å². The standard InChI is InChI=1S/C46H29NS/c1-2-11-30(12-3-1)31-21-24-34(25-22-31)47(43-19-10-14-33-27-46-42(28-40(33)43)39-18-8-9-20-45(39)48-46)44-29-41-35-15-5-4-13-32(35)23-26-37(41)36-16-6-7-17-38(36)44/h1-29H. The highest BCUT2D eigenvalue weighted by molar-refractivity contribution is 7.25. The van der Waals surface area contributed by atoms with E-state index in [0.717, 1.165) is 5.69 Å². The van der Waals surface area contributed by atoms with Crippen molar-refractivity contribution in [2.75, 3.05) is 4.90 Å². The molecule has 0 N–H and O–H groups in total. The van der Waals surface area contributed by atoms with Gasteiger partial charge in [0.1, 0.15) is 0 Å². The predicted octanol–water partition coefficient (Wildman–Crippen LogP) is 13.8. The van der Waals surface area contributed by atoms with Crippen molar-refractivity contribution in [3.8, 4) is 11.1 Å². The summed E-state index contributed by atoms with van der Waals surface area (Å²) in [5.74, 6) is 0. The number of hydrogen-bond acceptors (Lipinski definition) is 2. The number of anilines is 3.